The molecule has 0 saturated carbocycles. The zero-order valence-electron chi connectivity index (χ0n) is 8.23. The molecular weight excluding hydrogens is 208 g/mol. The summed E-state index contributed by atoms with van der Waals surface area (Å²) in [7, 11) is 0. The van der Waals surface area contributed by atoms with Crippen molar-refractivity contribution < 1.29 is 35.4 Å². The molecule has 0 aliphatic heterocycles. The van der Waals surface area contributed by atoms with Crippen LogP contribution in [0.4, 0.5) is 0 Å². The highest BCUT2D eigenvalue weighted by Crippen LogP contribution is 2.00. The molecule has 92 valence electrons. The minimum Gasteiger partial charge on any atom is -0.394 e. The first-order valence-electron chi connectivity index (χ1n) is 4.54. The molecule has 6 N–H and O–H groups in total. The molecular formula is C8H18O7. The fourth-order valence-corrected chi connectivity index (χ4v) is 0.841. The number of rotatable bonds is 8. The van der Waals surface area contributed by atoms with Crippen LogP contribution in [-0.4, -0.2) is 81.5 Å². The third-order valence-electron chi connectivity index (χ3n) is 1.79. The maximum Gasteiger partial charge on any atom is 0.110 e. The molecule has 0 saturated heterocycles. The number of aliphatic hydroxyl groups is 6. The lowest BCUT2D eigenvalue weighted by molar-refractivity contribution is -0.107. The van der Waals surface area contributed by atoms with Crippen LogP contribution >= 0.6 is 0 Å². The van der Waals surface area contributed by atoms with Crippen molar-refractivity contribution >= 4 is 0 Å². The van der Waals surface area contributed by atoms with Crippen LogP contribution in [0, 0.1) is 0 Å². The van der Waals surface area contributed by atoms with E-state index >= 15 is 0 Å². The fourth-order valence-electron chi connectivity index (χ4n) is 0.841. The van der Waals surface area contributed by atoms with Crippen LogP contribution in [-0.2, 0) is 4.74 Å². The first-order chi connectivity index (χ1) is 7.02. The SMILES string of the molecule is OCC(O)COC[C@H](O)[C@H](O)[C@H](O)CO. The van der Waals surface area contributed by atoms with Gasteiger partial charge in [-0.05, 0) is 0 Å². The Balaban J connectivity index is 3.68. The number of ether oxygens (including phenoxy) is 1. The fraction of sp³-hybridized carbons (Fsp3) is 1.00. The zero-order chi connectivity index (χ0) is 11.8. The second-order valence-corrected chi connectivity index (χ2v) is 3.18. The Morgan fingerprint density at radius 2 is 1.40 bits per heavy atom. The van der Waals surface area contributed by atoms with Gasteiger partial charge in [-0.15, -0.1) is 0 Å². The summed E-state index contributed by atoms with van der Waals surface area (Å²) in [6.07, 6.45) is -5.36. The van der Waals surface area contributed by atoms with Crippen LogP contribution < -0.4 is 0 Å². The van der Waals surface area contributed by atoms with E-state index in [4.69, 9.17) is 30.3 Å². The number of hydrogen-bond acceptors (Lipinski definition) is 7. The monoisotopic (exact) mass is 226 g/mol. The van der Waals surface area contributed by atoms with Gasteiger partial charge >= 0.3 is 0 Å². The molecule has 0 heterocycles. The molecule has 0 fully saturated rings. The molecule has 0 bridgehead atoms. The van der Waals surface area contributed by atoms with E-state index in [0.29, 0.717) is 0 Å². The lowest BCUT2D eigenvalue weighted by Crippen LogP contribution is -2.42. The summed E-state index contributed by atoms with van der Waals surface area (Å²) in [6, 6.07) is 0. The predicted molar refractivity (Wildman–Crippen MR) is 49.0 cm³/mol. The second kappa shape index (κ2) is 7.94. The van der Waals surface area contributed by atoms with Gasteiger partial charge in [0, 0.05) is 0 Å². The maximum atomic E-state index is 9.21. The maximum absolute atomic E-state index is 9.21. The molecule has 0 rings (SSSR count). The lowest BCUT2D eigenvalue weighted by atomic mass is 10.1. The Bertz CT molecular complexity index is 154. The van der Waals surface area contributed by atoms with E-state index in [0.717, 1.165) is 0 Å². The third kappa shape index (κ3) is 6.00. The van der Waals surface area contributed by atoms with Crippen molar-refractivity contribution in [3.63, 3.8) is 0 Å². The molecule has 7 heteroatoms. The molecule has 0 aromatic rings. The van der Waals surface area contributed by atoms with E-state index in [1.165, 1.54) is 0 Å². The molecule has 15 heavy (non-hydrogen) atoms. The largest absolute Gasteiger partial charge is 0.394 e. The van der Waals surface area contributed by atoms with E-state index in [1.54, 1.807) is 0 Å². The van der Waals surface area contributed by atoms with Gasteiger partial charge in [0.25, 0.3) is 0 Å². The normalized spacial score (nSPS) is 19.6. The van der Waals surface area contributed by atoms with Gasteiger partial charge in [0.2, 0.25) is 0 Å². The van der Waals surface area contributed by atoms with Crippen LogP contribution in [0.25, 0.3) is 0 Å². The molecule has 0 radical (unpaired) electrons. The molecule has 0 aliphatic carbocycles. The summed E-state index contributed by atoms with van der Waals surface area (Å²) >= 11 is 0. The minimum atomic E-state index is -1.51. The first-order valence-corrected chi connectivity index (χ1v) is 4.54. The Kier molecular flexibility index (Phi) is 7.79. The third-order valence-corrected chi connectivity index (χ3v) is 1.79. The molecule has 0 aromatic heterocycles. The Hall–Kier alpha value is -0.280. The highest BCUT2D eigenvalue weighted by atomic mass is 16.5. The van der Waals surface area contributed by atoms with Gasteiger partial charge in [0.05, 0.1) is 26.4 Å². The van der Waals surface area contributed by atoms with Crippen molar-refractivity contribution in [2.24, 2.45) is 0 Å². The van der Waals surface area contributed by atoms with Crippen molar-refractivity contribution in [3.05, 3.63) is 0 Å². The molecule has 0 amide bonds. The first kappa shape index (κ1) is 14.7. The number of hydrogen-bond donors (Lipinski definition) is 6. The Morgan fingerprint density at radius 3 is 1.87 bits per heavy atom. The van der Waals surface area contributed by atoms with E-state index < -0.39 is 37.6 Å². The average molecular weight is 226 g/mol. The second-order valence-electron chi connectivity index (χ2n) is 3.18. The van der Waals surface area contributed by atoms with Crippen LogP contribution in [0.5, 0.6) is 0 Å². The van der Waals surface area contributed by atoms with Crippen LogP contribution in [0.1, 0.15) is 0 Å². The van der Waals surface area contributed by atoms with Crippen molar-refractivity contribution in [2.45, 2.75) is 24.4 Å². The summed E-state index contributed by atoms with van der Waals surface area (Å²) in [5.41, 5.74) is 0. The van der Waals surface area contributed by atoms with Gasteiger partial charge in [0.1, 0.15) is 24.4 Å². The standard InChI is InChI=1S/C8H18O7/c9-1-5(11)3-15-4-7(13)8(14)6(12)2-10/h5-14H,1-4H2/t5?,6-,7+,8-/m1/s1. The van der Waals surface area contributed by atoms with Crippen LogP contribution in [0.15, 0.2) is 0 Å². The summed E-state index contributed by atoms with van der Waals surface area (Å²) in [4.78, 5) is 0. The van der Waals surface area contributed by atoms with E-state index in [9.17, 15) is 5.11 Å². The Morgan fingerprint density at radius 1 is 0.800 bits per heavy atom. The van der Waals surface area contributed by atoms with Gasteiger partial charge in [-0.3, -0.25) is 0 Å². The summed E-state index contributed by atoms with van der Waals surface area (Å²) < 4.78 is 4.75. The molecule has 1 unspecified atom stereocenters. The molecule has 0 aliphatic rings. The average Bonchev–Trinajstić information content (AvgIpc) is 2.26. The summed E-state index contributed by atoms with van der Waals surface area (Å²) in [6.45, 7) is -1.62. The van der Waals surface area contributed by atoms with Crippen LogP contribution in [0.3, 0.4) is 0 Å². The molecule has 0 aromatic carbocycles. The molecule has 4 atom stereocenters. The van der Waals surface area contributed by atoms with E-state index in [1.807, 2.05) is 0 Å². The van der Waals surface area contributed by atoms with Crippen molar-refractivity contribution in [3.8, 4) is 0 Å². The van der Waals surface area contributed by atoms with E-state index in [-0.39, 0.29) is 13.2 Å². The van der Waals surface area contributed by atoms with Gasteiger partial charge in [-0.2, -0.15) is 0 Å². The van der Waals surface area contributed by atoms with E-state index in [2.05, 4.69) is 0 Å². The van der Waals surface area contributed by atoms with Gasteiger partial charge in [0.15, 0.2) is 0 Å². The smallest absolute Gasteiger partial charge is 0.110 e. The predicted octanol–water partition coefficient (Wildman–Crippen LogP) is -3.57. The Labute approximate surface area is 87.2 Å². The molecule has 0 spiro atoms. The molecule has 7 nitrogen and oxygen atoms in total. The van der Waals surface area contributed by atoms with Crippen molar-refractivity contribution in [1.29, 1.82) is 0 Å². The summed E-state index contributed by atoms with van der Waals surface area (Å²) in [5.74, 6) is 0. The highest BCUT2D eigenvalue weighted by molar-refractivity contribution is 4.74. The van der Waals surface area contributed by atoms with Gasteiger partial charge in [-0.25, -0.2) is 0 Å². The van der Waals surface area contributed by atoms with Crippen molar-refractivity contribution in [1.82, 2.24) is 0 Å². The van der Waals surface area contributed by atoms with Crippen LogP contribution in [0.2, 0.25) is 0 Å². The topological polar surface area (TPSA) is 131 Å². The van der Waals surface area contributed by atoms with Crippen molar-refractivity contribution in [2.75, 3.05) is 26.4 Å². The summed E-state index contributed by atoms with van der Waals surface area (Å²) in [5, 5.41) is 53.1. The quantitative estimate of drug-likeness (QED) is 0.252. The number of aliphatic hydroxyl groups excluding tert-OH is 6. The minimum absolute atomic E-state index is 0.185. The van der Waals surface area contributed by atoms with Gasteiger partial charge < -0.3 is 35.4 Å². The zero-order valence-corrected chi connectivity index (χ0v) is 8.23. The van der Waals surface area contributed by atoms with Gasteiger partial charge in [-0.1, -0.05) is 0 Å². The lowest BCUT2D eigenvalue weighted by Gasteiger charge is -2.21. The highest BCUT2D eigenvalue weighted by Gasteiger charge is 2.24.